The number of nitrogens with one attached hydrogen (secondary N) is 1. The molecule has 1 aliphatic rings. The standard InChI is InChI=1S/C29H34N2O3/c1-6-14-34-24-9-7-8-22(17-24)23-11-13-28-25(18-23)27(16-20(3)31(28)21(4)32)30-26-12-10-19(2)15-29(26)33-5/h7-13,15,17-18,20,27,30H,6,14,16H2,1-5H3/t20-,27+/m0/s1. The Balaban J connectivity index is 1.75. The number of carbonyl (C=O) groups excluding carboxylic acids is 1. The Bertz CT molecular complexity index is 1170. The van der Waals surface area contributed by atoms with E-state index >= 15 is 0 Å². The first kappa shape index (κ1) is 23.7. The summed E-state index contributed by atoms with van der Waals surface area (Å²) in [5, 5.41) is 3.70. The molecule has 0 radical (unpaired) electrons. The summed E-state index contributed by atoms with van der Waals surface area (Å²) in [6.45, 7) is 8.60. The van der Waals surface area contributed by atoms with Gasteiger partial charge in [-0.15, -0.1) is 0 Å². The highest BCUT2D eigenvalue weighted by atomic mass is 16.5. The van der Waals surface area contributed by atoms with Crippen molar-refractivity contribution in [2.75, 3.05) is 23.9 Å². The predicted molar refractivity (Wildman–Crippen MR) is 139 cm³/mol. The van der Waals surface area contributed by atoms with Crippen LogP contribution in [0.2, 0.25) is 0 Å². The lowest BCUT2D eigenvalue weighted by molar-refractivity contribution is -0.117. The van der Waals surface area contributed by atoms with Gasteiger partial charge in [0, 0.05) is 18.7 Å². The summed E-state index contributed by atoms with van der Waals surface area (Å²) in [5.41, 5.74) is 6.35. The number of ether oxygens (including phenoxy) is 2. The number of fused-ring (bicyclic) bond motifs is 1. The molecule has 4 rings (SSSR count). The molecule has 0 saturated carbocycles. The molecule has 0 fully saturated rings. The number of carbonyl (C=O) groups is 1. The first-order valence-electron chi connectivity index (χ1n) is 12.0. The molecular formula is C29H34N2O3. The summed E-state index contributed by atoms with van der Waals surface area (Å²) < 4.78 is 11.5. The minimum atomic E-state index is 0.0386. The number of benzene rings is 3. The van der Waals surface area contributed by atoms with Crippen LogP contribution in [-0.4, -0.2) is 25.7 Å². The Labute approximate surface area is 202 Å². The van der Waals surface area contributed by atoms with Gasteiger partial charge in [-0.3, -0.25) is 4.79 Å². The molecule has 0 unspecified atom stereocenters. The summed E-state index contributed by atoms with van der Waals surface area (Å²) in [6, 6.07) is 20.9. The van der Waals surface area contributed by atoms with E-state index < -0.39 is 0 Å². The van der Waals surface area contributed by atoms with Gasteiger partial charge in [0.05, 0.1) is 25.4 Å². The lowest BCUT2D eigenvalue weighted by Gasteiger charge is -2.40. The molecule has 3 aromatic rings. The number of hydrogen-bond acceptors (Lipinski definition) is 4. The second kappa shape index (κ2) is 10.2. The molecule has 1 N–H and O–H groups in total. The molecule has 0 aliphatic carbocycles. The van der Waals surface area contributed by atoms with Crippen LogP contribution in [0.25, 0.3) is 11.1 Å². The molecule has 1 amide bonds. The number of methoxy groups -OCH3 is 1. The fourth-order valence-corrected chi connectivity index (χ4v) is 4.75. The number of anilines is 2. The molecule has 0 saturated heterocycles. The number of amides is 1. The van der Waals surface area contributed by atoms with Crippen molar-refractivity contribution in [3.8, 4) is 22.6 Å². The summed E-state index contributed by atoms with van der Waals surface area (Å²) in [6.07, 6.45) is 1.77. The number of nitrogens with zero attached hydrogens (tertiary/aromatic N) is 1. The van der Waals surface area contributed by atoms with Gasteiger partial charge in [-0.05, 0) is 85.3 Å². The zero-order valence-electron chi connectivity index (χ0n) is 20.7. The van der Waals surface area contributed by atoms with Crippen LogP contribution in [0.15, 0.2) is 60.7 Å². The second-order valence-electron chi connectivity index (χ2n) is 9.02. The summed E-state index contributed by atoms with van der Waals surface area (Å²) in [7, 11) is 1.70. The summed E-state index contributed by atoms with van der Waals surface area (Å²) >= 11 is 0. The Morgan fingerprint density at radius 1 is 1.09 bits per heavy atom. The van der Waals surface area contributed by atoms with Crippen molar-refractivity contribution in [1.29, 1.82) is 0 Å². The van der Waals surface area contributed by atoms with Crippen molar-refractivity contribution in [3.63, 3.8) is 0 Å². The smallest absolute Gasteiger partial charge is 0.224 e. The van der Waals surface area contributed by atoms with Gasteiger partial charge in [-0.2, -0.15) is 0 Å². The van der Waals surface area contributed by atoms with Gasteiger partial charge in [-0.1, -0.05) is 31.2 Å². The number of aryl methyl sites for hydroxylation is 1. The van der Waals surface area contributed by atoms with E-state index in [0.29, 0.717) is 6.61 Å². The molecule has 5 nitrogen and oxygen atoms in total. The van der Waals surface area contributed by atoms with Crippen LogP contribution >= 0.6 is 0 Å². The maximum atomic E-state index is 12.5. The zero-order valence-corrected chi connectivity index (χ0v) is 20.7. The fraction of sp³-hybridized carbons (Fsp3) is 0.345. The van der Waals surface area contributed by atoms with Crippen LogP contribution < -0.4 is 19.7 Å². The number of hydrogen-bond donors (Lipinski definition) is 1. The maximum absolute atomic E-state index is 12.5. The topological polar surface area (TPSA) is 50.8 Å². The largest absolute Gasteiger partial charge is 0.495 e. The van der Waals surface area contributed by atoms with E-state index in [2.05, 4.69) is 68.6 Å². The molecule has 34 heavy (non-hydrogen) atoms. The zero-order chi connectivity index (χ0) is 24.2. The Morgan fingerprint density at radius 3 is 2.62 bits per heavy atom. The van der Waals surface area contributed by atoms with Gasteiger partial charge in [0.1, 0.15) is 11.5 Å². The third kappa shape index (κ3) is 4.89. The van der Waals surface area contributed by atoms with Crippen molar-refractivity contribution in [2.45, 2.75) is 52.6 Å². The van der Waals surface area contributed by atoms with Crippen molar-refractivity contribution in [3.05, 3.63) is 71.8 Å². The fourth-order valence-electron chi connectivity index (χ4n) is 4.75. The quantitative estimate of drug-likeness (QED) is 0.425. The Morgan fingerprint density at radius 2 is 1.88 bits per heavy atom. The van der Waals surface area contributed by atoms with E-state index in [-0.39, 0.29) is 18.0 Å². The molecule has 178 valence electrons. The molecule has 5 heteroatoms. The van der Waals surface area contributed by atoms with Crippen LogP contribution in [0.1, 0.15) is 50.8 Å². The van der Waals surface area contributed by atoms with Gasteiger partial charge in [-0.25, -0.2) is 0 Å². The van der Waals surface area contributed by atoms with Gasteiger partial charge >= 0.3 is 0 Å². The van der Waals surface area contributed by atoms with Crippen LogP contribution in [0, 0.1) is 6.92 Å². The first-order chi connectivity index (χ1) is 16.4. The SMILES string of the molecule is CCCOc1cccc(-c2ccc3c(c2)[C@H](Nc2ccc(C)cc2OC)C[C@H](C)N3C(C)=O)c1. The summed E-state index contributed by atoms with van der Waals surface area (Å²) in [4.78, 5) is 14.5. The lowest BCUT2D eigenvalue weighted by atomic mass is 9.88. The van der Waals surface area contributed by atoms with Gasteiger partial charge < -0.3 is 19.7 Å². The average molecular weight is 459 g/mol. The van der Waals surface area contributed by atoms with E-state index in [1.54, 1.807) is 14.0 Å². The second-order valence-corrected chi connectivity index (χ2v) is 9.02. The molecule has 3 aromatic carbocycles. The maximum Gasteiger partial charge on any atom is 0.224 e. The van der Waals surface area contributed by atoms with Gasteiger partial charge in [0.25, 0.3) is 0 Å². The van der Waals surface area contributed by atoms with Gasteiger partial charge in [0.15, 0.2) is 0 Å². The molecule has 0 bridgehead atoms. The monoisotopic (exact) mass is 458 g/mol. The van der Waals surface area contributed by atoms with Crippen molar-refractivity contribution in [1.82, 2.24) is 0 Å². The van der Waals surface area contributed by atoms with E-state index in [1.807, 2.05) is 23.1 Å². The van der Waals surface area contributed by atoms with Crippen molar-refractivity contribution in [2.24, 2.45) is 0 Å². The Kier molecular flexibility index (Phi) is 7.11. The number of rotatable bonds is 7. The predicted octanol–water partition coefficient (Wildman–Crippen LogP) is 6.76. The van der Waals surface area contributed by atoms with Crippen LogP contribution in [-0.2, 0) is 4.79 Å². The average Bonchev–Trinajstić information content (AvgIpc) is 2.83. The molecule has 0 spiro atoms. The minimum Gasteiger partial charge on any atom is -0.495 e. The van der Waals surface area contributed by atoms with E-state index in [4.69, 9.17) is 9.47 Å². The van der Waals surface area contributed by atoms with E-state index in [0.717, 1.165) is 58.0 Å². The highest BCUT2D eigenvalue weighted by Crippen LogP contribution is 2.42. The van der Waals surface area contributed by atoms with E-state index in [9.17, 15) is 4.79 Å². The normalized spacial score (nSPS) is 17.1. The third-order valence-electron chi connectivity index (χ3n) is 6.35. The van der Waals surface area contributed by atoms with Crippen molar-refractivity contribution < 1.29 is 14.3 Å². The lowest BCUT2D eigenvalue weighted by Crippen LogP contribution is -2.43. The molecule has 2 atom stereocenters. The third-order valence-corrected chi connectivity index (χ3v) is 6.35. The van der Waals surface area contributed by atoms with Crippen LogP contribution in [0.3, 0.4) is 0 Å². The van der Waals surface area contributed by atoms with Crippen LogP contribution in [0.5, 0.6) is 11.5 Å². The van der Waals surface area contributed by atoms with E-state index in [1.165, 1.54) is 0 Å². The van der Waals surface area contributed by atoms with Gasteiger partial charge in [0.2, 0.25) is 5.91 Å². The molecule has 1 heterocycles. The first-order valence-corrected chi connectivity index (χ1v) is 12.0. The minimum absolute atomic E-state index is 0.0386. The van der Waals surface area contributed by atoms with Crippen molar-refractivity contribution >= 4 is 17.3 Å². The summed E-state index contributed by atoms with van der Waals surface area (Å²) in [5.74, 6) is 1.75. The highest BCUT2D eigenvalue weighted by molar-refractivity contribution is 5.94. The highest BCUT2D eigenvalue weighted by Gasteiger charge is 2.33. The molecular weight excluding hydrogens is 424 g/mol. The Hall–Kier alpha value is -3.47. The molecule has 1 aliphatic heterocycles. The van der Waals surface area contributed by atoms with Crippen LogP contribution in [0.4, 0.5) is 11.4 Å². The molecule has 0 aromatic heterocycles.